The number of halogens is 1. The highest BCUT2D eigenvalue weighted by molar-refractivity contribution is 9.10. The maximum absolute atomic E-state index is 12.1. The number of hydrogen-bond acceptors (Lipinski definition) is 5. The quantitative estimate of drug-likeness (QED) is 0.651. The van der Waals surface area contributed by atoms with Crippen LogP contribution >= 0.6 is 38.6 Å². The van der Waals surface area contributed by atoms with E-state index in [1.165, 1.54) is 11.3 Å². The first-order valence-electron chi connectivity index (χ1n) is 6.46. The molecule has 0 aliphatic carbocycles. The second kappa shape index (κ2) is 6.65. The first-order chi connectivity index (χ1) is 11.0. The summed E-state index contributed by atoms with van der Waals surface area (Å²) in [6, 6.07) is 5.54. The van der Waals surface area contributed by atoms with Gasteiger partial charge in [-0.3, -0.25) is 20.4 Å². The lowest BCUT2D eigenvalue weighted by Gasteiger charge is -2.06. The Bertz CT molecular complexity index is 854. The molecule has 0 saturated heterocycles. The van der Waals surface area contributed by atoms with Crippen molar-refractivity contribution < 1.29 is 9.59 Å². The van der Waals surface area contributed by atoms with E-state index in [4.69, 9.17) is 0 Å². The molecular weight excluding hydrogens is 400 g/mol. The Morgan fingerprint density at radius 3 is 2.70 bits per heavy atom. The molecule has 0 saturated carbocycles. The van der Waals surface area contributed by atoms with Crippen LogP contribution in [0.2, 0.25) is 0 Å². The predicted molar refractivity (Wildman–Crippen MR) is 93.5 cm³/mol. The molecular formula is C14H11BrN4O2S2. The summed E-state index contributed by atoms with van der Waals surface area (Å²) in [5.74, 6) is -0.856. The number of rotatable bonds is 3. The zero-order valence-corrected chi connectivity index (χ0v) is 15.1. The molecule has 3 rings (SSSR count). The van der Waals surface area contributed by atoms with Gasteiger partial charge in [-0.15, -0.1) is 22.7 Å². The van der Waals surface area contributed by atoms with Gasteiger partial charge < -0.3 is 4.57 Å². The van der Waals surface area contributed by atoms with E-state index in [0.29, 0.717) is 5.69 Å². The predicted octanol–water partition coefficient (Wildman–Crippen LogP) is 3.05. The summed E-state index contributed by atoms with van der Waals surface area (Å²) >= 11 is 6.24. The highest BCUT2D eigenvalue weighted by atomic mass is 79.9. The van der Waals surface area contributed by atoms with Gasteiger partial charge in [0.2, 0.25) is 0 Å². The van der Waals surface area contributed by atoms with Crippen molar-refractivity contribution in [1.29, 1.82) is 0 Å². The normalized spacial score (nSPS) is 10.5. The number of hydrazine groups is 1. The van der Waals surface area contributed by atoms with Gasteiger partial charge in [0.15, 0.2) is 0 Å². The van der Waals surface area contributed by atoms with Crippen LogP contribution in [-0.4, -0.2) is 21.4 Å². The molecule has 2 amide bonds. The summed E-state index contributed by atoms with van der Waals surface area (Å²) in [5, 5.41) is 4.40. The lowest BCUT2D eigenvalue weighted by atomic mass is 10.4. The molecule has 0 aliphatic heterocycles. The molecule has 0 bridgehead atoms. The molecule has 2 N–H and O–H groups in total. The summed E-state index contributed by atoms with van der Waals surface area (Å²) in [6.45, 7) is 0. The largest absolute Gasteiger partial charge is 0.345 e. The minimum absolute atomic E-state index is 0.270. The lowest BCUT2D eigenvalue weighted by Crippen LogP contribution is -2.42. The van der Waals surface area contributed by atoms with Crippen LogP contribution in [-0.2, 0) is 7.05 Å². The standard InChI is InChI=1S/C14H11BrN4O2S2/c1-19-6-8(15)5-10(19)13(21)18-17-12(20)9-7-23-14(16-9)11-3-2-4-22-11/h2-7H,1H3,(H,17,20)(H,18,21). The van der Waals surface area contributed by atoms with E-state index in [-0.39, 0.29) is 5.69 Å². The van der Waals surface area contributed by atoms with Gasteiger partial charge >= 0.3 is 0 Å². The second-order valence-electron chi connectivity index (χ2n) is 4.58. The lowest BCUT2D eigenvalue weighted by molar-refractivity contribution is 0.0840. The first kappa shape index (κ1) is 15.9. The monoisotopic (exact) mass is 410 g/mol. The molecule has 3 heterocycles. The number of carbonyl (C=O) groups excluding carboxylic acids is 2. The molecule has 118 valence electrons. The highest BCUT2D eigenvalue weighted by Crippen LogP contribution is 2.27. The van der Waals surface area contributed by atoms with Gasteiger partial charge in [0.25, 0.3) is 11.8 Å². The Hall–Kier alpha value is -1.97. The smallest absolute Gasteiger partial charge is 0.289 e. The average Bonchev–Trinajstić information content (AvgIpc) is 3.24. The van der Waals surface area contributed by atoms with Crippen LogP contribution in [0.1, 0.15) is 21.0 Å². The zero-order valence-electron chi connectivity index (χ0n) is 11.9. The van der Waals surface area contributed by atoms with Crippen LogP contribution in [0, 0.1) is 0 Å². The number of carbonyl (C=O) groups is 2. The molecule has 9 heteroatoms. The van der Waals surface area contributed by atoms with E-state index in [1.807, 2.05) is 17.5 Å². The Balaban J connectivity index is 1.63. The van der Waals surface area contributed by atoms with Crippen molar-refractivity contribution in [2.24, 2.45) is 7.05 Å². The van der Waals surface area contributed by atoms with Crippen molar-refractivity contribution in [1.82, 2.24) is 20.4 Å². The fraction of sp³-hybridized carbons (Fsp3) is 0.0714. The highest BCUT2D eigenvalue weighted by Gasteiger charge is 2.15. The molecule has 0 aliphatic rings. The third-order valence-electron chi connectivity index (χ3n) is 2.96. The number of aromatic nitrogens is 2. The number of nitrogens with zero attached hydrogens (tertiary/aromatic N) is 2. The van der Waals surface area contributed by atoms with Crippen LogP contribution in [0.15, 0.2) is 39.6 Å². The third-order valence-corrected chi connectivity index (χ3v) is 5.28. The molecule has 6 nitrogen and oxygen atoms in total. The number of thiazole rings is 1. The van der Waals surface area contributed by atoms with E-state index in [1.54, 1.807) is 40.6 Å². The summed E-state index contributed by atoms with van der Waals surface area (Å²) in [4.78, 5) is 29.4. The third kappa shape index (κ3) is 3.52. The molecule has 0 atom stereocenters. The van der Waals surface area contributed by atoms with Gasteiger partial charge in [-0.25, -0.2) is 4.98 Å². The zero-order chi connectivity index (χ0) is 16.4. The van der Waals surface area contributed by atoms with Gasteiger partial charge in [-0.1, -0.05) is 6.07 Å². The maximum atomic E-state index is 12.1. The number of aryl methyl sites for hydroxylation is 1. The average molecular weight is 411 g/mol. The molecule has 0 spiro atoms. The van der Waals surface area contributed by atoms with E-state index in [9.17, 15) is 9.59 Å². The van der Waals surface area contributed by atoms with E-state index >= 15 is 0 Å². The second-order valence-corrected chi connectivity index (χ2v) is 7.30. The molecule has 3 aromatic rings. The van der Waals surface area contributed by atoms with Crippen LogP contribution < -0.4 is 10.9 Å². The van der Waals surface area contributed by atoms with Crippen molar-refractivity contribution in [2.75, 3.05) is 0 Å². The Labute approximate surface area is 148 Å². The Morgan fingerprint density at radius 2 is 2.04 bits per heavy atom. The van der Waals surface area contributed by atoms with Gasteiger partial charge in [0.1, 0.15) is 16.4 Å². The Kier molecular flexibility index (Phi) is 4.60. The molecule has 0 aromatic carbocycles. The van der Waals surface area contributed by atoms with Crippen molar-refractivity contribution in [2.45, 2.75) is 0 Å². The van der Waals surface area contributed by atoms with Crippen molar-refractivity contribution in [3.05, 3.63) is 51.0 Å². The van der Waals surface area contributed by atoms with Gasteiger partial charge in [-0.2, -0.15) is 0 Å². The summed E-state index contributed by atoms with van der Waals surface area (Å²) in [5.41, 5.74) is 5.45. The molecule has 0 fully saturated rings. The molecule has 0 unspecified atom stereocenters. The van der Waals surface area contributed by atoms with Crippen molar-refractivity contribution in [3.8, 4) is 9.88 Å². The van der Waals surface area contributed by atoms with Crippen LogP contribution in [0.25, 0.3) is 9.88 Å². The number of amides is 2. The van der Waals surface area contributed by atoms with E-state index in [0.717, 1.165) is 14.4 Å². The summed E-state index contributed by atoms with van der Waals surface area (Å²) in [6.07, 6.45) is 1.75. The van der Waals surface area contributed by atoms with Gasteiger partial charge in [0.05, 0.1) is 4.88 Å². The van der Waals surface area contributed by atoms with Crippen molar-refractivity contribution >= 4 is 50.4 Å². The minimum Gasteiger partial charge on any atom is -0.345 e. The maximum Gasteiger partial charge on any atom is 0.289 e. The van der Waals surface area contributed by atoms with Crippen LogP contribution in [0.3, 0.4) is 0 Å². The topological polar surface area (TPSA) is 76.0 Å². The van der Waals surface area contributed by atoms with E-state index < -0.39 is 11.8 Å². The summed E-state index contributed by atoms with van der Waals surface area (Å²) in [7, 11) is 1.75. The SMILES string of the molecule is Cn1cc(Br)cc1C(=O)NNC(=O)c1csc(-c2cccs2)n1. The Morgan fingerprint density at radius 1 is 1.26 bits per heavy atom. The van der Waals surface area contributed by atoms with Crippen molar-refractivity contribution in [3.63, 3.8) is 0 Å². The van der Waals surface area contributed by atoms with E-state index in [2.05, 4.69) is 31.8 Å². The molecule has 23 heavy (non-hydrogen) atoms. The van der Waals surface area contributed by atoms with Crippen LogP contribution in [0.4, 0.5) is 0 Å². The molecule has 0 radical (unpaired) electrons. The number of thiophene rings is 1. The van der Waals surface area contributed by atoms with Crippen LogP contribution in [0.5, 0.6) is 0 Å². The minimum atomic E-state index is -0.453. The number of hydrogen-bond donors (Lipinski definition) is 2. The van der Waals surface area contributed by atoms with Gasteiger partial charge in [-0.05, 0) is 33.4 Å². The first-order valence-corrected chi connectivity index (χ1v) is 9.02. The fourth-order valence-corrected chi connectivity index (χ4v) is 4.02. The fourth-order valence-electron chi connectivity index (χ4n) is 1.88. The van der Waals surface area contributed by atoms with Gasteiger partial charge in [0, 0.05) is 23.1 Å². The number of nitrogens with one attached hydrogen (secondary N) is 2. The molecule has 3 aromatic heterocycles. The summed E-state index contributed by atoms with van der Waals surface area (Å²) < 4.78 is 2.44.